The third-order valence-electron chi connectivity index (χ3n) is 3.72. The highest BCUT2D eigenvalue weighted by atomic mass is 16.5. The van der Waals surface area contributed by atoms with Crippen molar-refractivity contribution in [1.82, 2.24) is 9.88 Å². The van der Waals surface area contributed by atoms with Crippen LogP contribution in [0.3, 0.4) is 0 Å². The zero-order valence-corrected chi connectivity index (χ0v) is 16.8. The van der Waals surface area contributed by atoms with Crippen LogP contribution in [0, 0.1) is 0 Å². The molecule has 0 saturated carbocycles. The van der Waals surface area contributed by atoms with E-state index in [1.165, 1.54) is 6.20 Å². The highest BCUT2D eigenvalue weighted by Crippen LogP contribution is 2.15. The van der Waals surface area contributed by atoms with Crippen LogP contribution in [-0.4, -0.2) is 91.5 Å². The van der Waals surface area contributed by atoms with Gasteiger partial charge in [-0.3, -0.25) is 14.6 Å². The standard InChI is InChI=1S/C12H18N2O2.C6H8O7.H2O/c1-3-14(4-2)8-9-16-12(15)11-6-5-7-13-10-11;7-3(8)1-6(13,5(11)12)2-4(9)10;/h5-7,10H,3-4,8-9H2,1-2H3;13H,1-2H2,(H,7,8)(H,9,10)(H,11,12);1H2. The van der Waals surface area contributed by atoms with Crippen molar-refractivity contribution in [2.24, 2.45) is 0 Å². The third-order valence-corrected chi connectivity index (χ3v) is 3.72. The quantitative estimate of drug-likeness (QED) is 0.328. The van der Waals surface area contributed by atoms with Crippen LogP contribution in [0.4, 0.5) is 0 Å². The Morgan fingerprint density at radius 3 is 1.97 bits per heavy atom. The summed E-state index contributed by atoms with van der Waals surface area (Å²) in [6.07, 6.45) is 0.857. The normalized spacial score (nSPS) is 10.3. The van der Waals surface area contributed by atoms with Gasteiger partial charge in [0.25, 0.3) is 0 Å². The van der Waals surface area contributed by atoms with E-state index < -0.39 is 36.4 Å². The molecule has 0 atom stereocenters. The number of nitrogens with zero attached hydrogens (tertiary/aromatic N) is 2. The lowest BCUT2D eigenvalue weighted by Crippen LogP contribution is -2.42. The van der Waals surface area contributed by atoms with Gasteiger partial charge in [-0.25, -0.2) is 9.59 Å². The fraction of sp³-hybridized carbons (Fsp3) is 0.500. The molecule has 12 heteroatoms. The van der Waals surface area contributed by atoms with Gasteiger partial charge in [0.15, 0.2) is 5.60 Å². The molecule has 0 bridgehead atoms. The smallest absolute Gasteiger partial charge is 0.339 e. The van der Waals surface area contributed by atoms with Crippen molar-refractivity contribution in [2.75, 3.05) is 26.2 Å². The zero-order chi connectivity index (χ0) is 22.4. The molecule has 0 aliphatic carbocycles. The molecular formula is C18H28N2O10. The number of carboxylic acids is 3. The summed E-state index contributed by atoms with van der Waals surface area (Å²) in [5.74, 6) is -5.32. The van der Waals surface area contributed by atoms with E-state index in [0.29, 0.717) is 12.2 Å². The van der Waals surface area contributed by atoms with Crippen LogP contribution in [0.5, 0.6) is 0 Å². The summed E-state index contributed by atoms with van der Waals surface area (Å²) < 4.78 is 5.14. The molecule has 0 aromatic carbocycles. The first-order valence-corrected chi connectivity index (χ1v) is 8.74. The van der Waals surface area contributed by atoms with Crippen LogP contribution < -0.4 is 0 Å². The first kappa shape index (κ1) is 29.1. The average Bonchev–Trinajstić information content (AvgIpc) is 2.65. The van der Waals surface area contributed by atoms with Crippen molar-refractivity contribution in [3.05, 3.63) is 30.1 Å². The number of hydrogen-bond acceptors (Lipinski definition) is 8. The molecular weight excluding hydrogens is 404 g/mol. The number of rotatable bonds is 11. The molecule has 0 unspecified atom stereocenters. The molecule has 0 fully saturated rings. The zero-order valence-electron chi connectivity index (χ0n) is 16.8. The maximum absolute atomic E-state index is 11.5. The second-order valence-electron chi connectivity index (χ2n) is 5.88. The Hall–Kier alpha value is -3.09. The highest BCUT2D eigenvalue weighted by Gasteiger charge is 2.40. The molecule has 0 saturated heterocycles. The minimum atomic E-state index is -2.74. The molecule has 6 N–H and O–H groups in total. The van der Waals surface area contributed by atoms with Crippen LogP contribution >= 0.6 is 0 Å². The Bertz CT molecular complexity index is 661. The van der Waals surface area contributed by atoms with Gasteiger partial charge < -0.3 is 35.5 Å². The van der Waals surface area contributed by atoms with E-state index in [0.717, 1.165) is 19.6 Å². The summed E-state index contributed by atoms with van der Waals surface area (Å²) in [5, 5.41) is 33.8. The average molecular weight is 432 g/mol. The van der Waals surface area contributed by atoms with Crippen LogP contribution in [0.1, 0.15) is 37.0 Å². The molecule has 0 spiro atoms. The van der Waals surface area contributed by atoms with Crippen LogP contribution in [-0.2, 0) is 19.1 Å². The molecule has 30 heavy (non-hydrogen) atoms. The summed E-state index contributed by atoms with van der Waals surface area (Å²) >= 11 is 0. The fourth-order valence-corrected chi connectivity index (χ4v) is 2.09. The lowest BCUT2D eigenvalue weighted by molar-refractivity contribution is -0.170. The second-order valence-corrected chi connectivity index (χ2v) is 5.88. The summed E-state index contributed by atoms with van der Waals surface area (Å²) in [6.45, 7) is 7.33. The van der Waals surface area contributed by atoms with Gasteiger partial charge in [0.05, 0.1) is 18.4 Å². The van der Waals surface area contributed by atoms with Crippen molar-refractivity contribution < 1.29 is 49.8 Å². The van der Waals surface area contributed by atoms with Gasteiger partial charge in [-0.15, -0.1) is 0 Å². The molecule has 0 radical (unpaired) electrons. The molecule has 0 amide bonds. The topological polar surface area (TPSA) is 206 Å². The monoisotopic (exact) mass is 432 g/mol. The van der Waals surface area contributed by atoms with Gasteiger partial charge >= 0.3 is 23.9 Å². The van der Waals surface area contributed by atoms with E-state index in [9.17, 15) is 19.2 Å². The van der Waals surface area contributed by atoms with E-state index in [1.54, 1.807) is 18.3 Å². The van der Waals surface area contributed by atoms with Crippen molar-refractivity contribution in [1.29, 1.82) is 0 Å². The van der Waals surface area contributed by atoms with Gasteiger partial charge in [-0.05, 0) is 25.2 Å². The minimum absolute atomic E-state index is 0. The van der Waals surface area contributed by atoms with Crippen molar-refractivity contribution in [3.63, 3.8) is 0 Å². The lowest BCUT2D eigenvalue weighted by Gasteiger charge is -2.18. The van der Waals surface area contributed by atoms with Crippen LogP contribution in [0.15, 0.2) is 24.5 Å². The number of esters is 1. The number of carbonyl (C=O) groups excluding carboxylic acids is 1. The molecule has 0 aliphatic rings. The maximum Gasteiger partial charge on any atom is 0.339 e. The number of carboxylic acid groups (broad SMARTS) is 3. The summed E-state index contributed by atoms with van der Waals surface area (Å²) in [5.41, 5.74) is -2.24. The van der Waals surface area contributed by atoms with Crippen molar-refractivity contribution in [2.45, 2.75) is 32.3 Å². The number of ether oxygens (including phenoxy) is 1. The molecule has 12 nitrogen and oxygen atoms in total. The number of pyridine rings is 1. The van der Waals surface area contributed by atoms with Crippen molar-refractivity contribution in [3.8, 4) is 0 Å². The minimum Gasteiger partial charge on any atom is -0.481 e. The Labute approximate surface area is 173 Å². The van der Waals surface area contributed by atoms with Crippen LogP contribution in [0.25, 0.3) is 0 Å². The number of carbonyl (C=O) groups is 4. The van der Waals surface area contributed by atoms with Crippen molar-refractivity contribution >= 4 is 23.9 Å². The number of aliphatic hydroxyl groups is 1. The Balaban J connectivity index is 0. The van der Waals surface area contributed by atoms with Gasteiger partial charge in [0.1, 0.15) is 6.61 Å². The predicted molar refractivity (Wildman–Crippen MR) is 103 cm³/mol. The van der Waals surface area contributed by atoms with E-state index in [-0.39, 0.29) is 11.4 Å². The molecule has 1 aromatic rings. The summed E-state index contributed by atoms with van der Waals surface area (Å²) in [7, 11) is 0. The largest absolute Gasteiger partial charge is 0.481 e. The van der Waals surface area contributed by atoms with Crippen LogP contribution in [0.2, 0.25) is 0 Å². The fourth-order valence-electron chi connectivity index (χ4n) is 2.09. The molecule has 1 heterocycles. The Morgan fingerprint density at radius 2 is 1.60 bits per heavy atom. The molecule has 1 rings (SSSR count). The molecule has 170 valence electrons. The van der Waals surface area contributed by atoms with E-state index in [1.807, 2.05) is 0 Å². The maximum atomic E-state index is 11.5. The SMILES string of the molecule is CCN(CC)CCOC(=O)c1cccnc1.O.O=C(O)CC(O)(CC(=O)O)C(=O)O. The lowest BCUT2D eigenvalue weighted by atomic mass is 9.96. The Kier molecular flexibility index (Phi) is 14.4. The van der Waals surface area contributed by atoms with Gasteiger partial charge in [-0.2, -0.15) is 0 Å². The molecule has 1 aromatic heterocycles. The van der Waals surface area contributed by atoms with E-state index in [2.05, 4.69) is 23.7 Å². The highest BCUT2D eigenvalue weighted by molar-refractivity contribution is 5.89. The number of aliphatic carboxylic acids is 3. The summed E-state index contributed by atoms with van der Waals surface area (Å²) in [4.78, 5) is 48.1. The van der Waals surface area contributed by atoms with E-state index in [4.69, 9.17) is 25.2 Å². The van der Waals surface area contributed by atoms with Gasteiger partial charge in [-0.1, -0.05) is 13.8 Å². The summed E-state index contributed by atoms with van der Waals surface area (Å²) in [6, 6.07) is 3.42. The van der Waals surface area contributed by atoms with E-state index >= 15 is 0 Å². The second kappa shape index (κ2) is 14.8. The van der Waals surface area contributed by atoms with Gasteiger partial charge in [0.2, 0.25) is 0 Å². The Morgan fingerprint density at radius 1 is 1.07 bits per heavy atom. The third kappa shape index (κ3) is 11.7. The van der Waals surface area contributed by atoms with Gasteiger partial charge in [0, 0.05) is 18.9 Å². The molecule has 0 aliphatic heterocycles. The number of aromatic nitrogens is 1. The number of hydrogen-bond donors (Lipinski definition) is 4. The first-order chi connectivity index (χ1) is 13.6. The number of likely N-dealkylation sites (N-methyl/N-ethyl adjacent to an activating group) is 1. The first-order valence-electron chi connectivity index (χ1n) is 8.74. The predicted octanol–water partition coefficient (Wildman–Crippen LogP) is -0.493.